The van der Waals surface area contributed by atoms with Crippen molar-refractivity contribution < 1.29 is 18.4 Å². The molecule has 1 fully saturated rings. The highest BCUT2D eigenvalue weighted by Crippen LogP contribution is 2.34. The molecule has 0 saturated carbocycles. The lowest BCUT2D eigenvalue weighted by Crippen LogP contribution is -2.27. The van der Waals surface area contributed by atoms with Gasteiger partial charge in [0.25, 0.3) is 0 Å². The Morgan fingerprint density at radius 1 is 1.27 bits per heavy atom. The van der Waals surface area contributed by atoms with E-state index >= 15 is 0 Å². The van der Waals surface area contributed by atoms with E-state index in [4.69, 9.17) is 15.5 Å². The second kappa shape index (κ2) is 9.09. The van der Waals surface area contributed by atoms with E-state index in [0.717, 1.165) is 60.3 Å². The molecule has 1 atom stereocenters. The summed E-state index contributed by atoms with van der Waals surface area (Å²) >= 11 is 1.06. The molecule has 180 valence electrons. The molecule has 1 saturated heterocycles. The van der Waals surface area contributed by atoms with E-state index in [1.807, 2.05) is 6.07 Å². The molecular weight excluding hydrogens is 460 g/mol. The van der Waals surface area contributed by atoms with Crippen LogP contribution in [-0.2, 0) is 26.5 Å². The number of rotatable bonds is 6. The molecule has 1 unspecified atom stereocenters. The van der Waals surface area contributed by atoms with Crippen molar-refractivity contribution in [3.63, 3.8) is 0 Å². The van der Waals surface area contributed by atoms with E-state index in [1.54, 1.807) is 18.2 Å². The van der Waals surface area contributed by atoms with Crippen LogP contribution in [0.3, 0.4) is 0 Å². The van der Waals surface area contributed by atoms with E-state index in [2.05, 4.69) is 25.3 Å². The summed E-state index contributed by atoms with van der Waals surface area (Å²) in [6.45, 7) is 8.79. The summed E-state index contributed by atoms with van der Waals surface area (Å²) in [6, 6.07) is 8.36. The molecule has 3 N–H and O–H groups in total. The van der Waals surface area contributed by atoms with Crippen LogP contribution in [-0.4, -0.2) is 48.5 Å². The van der Waals surface area contributed by atoms with Gasteiger partial charge in [-0.3, -0.25) is 0 Å². The standard InChI is InChI=1S/C23H32N4O4S2/c1-23(2,3)22-25-17-13-16(5-6-18(17)27(22)14-15-9-11-31-12-10-15)33(29,30)20-8-7-19(32-20)21(24)26(4)28/h5-8,13,15,21,28H,9-12,14,24H2,1-4H3. The van der Waals surface area contributed by atoms with Gasteiger partial charge < -0.3 is 20.2 Å². The van der Waals surface area contributed by atoms with Gasteiger partial charge in [-0.25, -0.2) is 13.4 Å². The molecule has 0 amide bonds. The number of fused-ring (bicyclic) bond motifs is 1. The summed E-state index contributed by atoms with van der Waals surface area (Å²) in [7, 11) is -2.31. The lowest BCUT2D eigenvalue weighted by molar-refractivity contribution is -0.101. The number of ether oxygens (including phenoxy) is 1. The first-order chi connectivity index (χ1) is 15.5. The Morgan fingerprint density at radius 3 is 2.61 bits per heavy atom. The second-order valence-corrected chi connectivity index (χ2v) is 13.0. The van der Waals surface area contributed by atoms with Crippen LogP contribution in [0, 0.1) is 5.92 Å². The van der Waals surface area contributed by atoms with Crippen molar-refractivity contribution in [2.24, 2.45) is 11.7 Å². The van der Waals surface area contributed by atoms with Crippen LogP contribution in [0.15, 0.2) is 39.4 Å². The number of thiophene rings is 1. The second-order valence-electron chi connectivity index (χ2n) is 9.68. The smallest absolute Gasteiger partial charge is 0.216 e. The maximum Gasteiger partial charge on any atom is 0.216 e. The molecule has 0 bridgehead atoms. The zero-order chi connectivity index (χ0) is 24.0. The Balaban J connectivity index is 1.73. The third-order valence-electron chi connectivity index (χ3n) is 6.04. The molecule has 3 heterocycles. The average molecular weight is 493 g/mol. The van der Waals surface area contributed by atoms with Crippen LogP contribution < -0.4 is 5.73 Å². The van der Waals surface area contributed by atoms with Gasteiger partial charge >= 0.3 is 0 Å². The summed E-state index contributed by atoms with van der Waals surface area (Å²) < 4.78 is 34.6. The van der Waals surface area contributed by atoms with Gasteiger partial charge in [-0.2, -0.15) is 5.06 Å². The molecule has 1 aromatic carbocycles. The minimum absolute atomic E-state index is 0.182. The first kappa shape index (κ1) is 24.3. The Bertz CT molecular complexity index is 1240. The van der Waals surface area contributed by atoms with E-state index < -0.39 is 16.0 Å². The molecule has 0 radical (unpaired) electrons. The lowest BCUT2D eigenvalue weighted by atomic mass is 9.94. The van der Waals surface area contributed by atoms with Gasteiger partial charge in [0.15, 0.2) is 0 Å². The molecule has 3 aromatic rings. The third-order valence-corrected chi connectivity index (χ3v) is 9.44. The van der Waals surface area contributed by atoms with Crippen molar-refractivity contribution in [1.29, 1.82) is 0 Å². The molecule has 2 aromatic heterocycles. The molecule has 0 spiro atoms. The fraction of sp³-hybridized carbons (Fsp3) is 0.522. The number of imidazole rings is 1. The first-order valence-electron chi connectivity index (χ1n) is 11.1. The summed E-state index contributed by atoms with van der Waals surface area (Å²) in [5, 5.41) is 10.4. The van der Waals surface area contributed by atoms with Crippen molar-refractivity contribution in [2.45, 2.75) is 60.8 Å². The summed E-state index contributed by atoms with van der Waals surface area (Å²) in [6.07, 6.45) is 1.25. The number of hydrogen-bond acceptors (Lipinski definition) is 8. The van der Waals surface area contributed by atoms with Gasteiger partial charge in [0, 0.05) is 37.1 Å². The molecule has 33 heavy (non-hydrogen) atoms. The van der Waals surface area contributed by atoms with Gasteiger partial charge in [-0.05, 0) is 49.1 Å². The maximum atomic E-state index is 13.3. The van der Waals surface area contributed by atoms with Crippen molar-refractivity contribution in [3.05, 3.63) is 41.0 Å². The molecule has 8 nitrogen and oxygen atoms in total. The van der Waals surface area contributed by atoms with Crippen molar-refractivity contribution in [1.82, 2.24) is 14.6 Å². The molecular formula is C23H32N4O4S2. The highest BCUT2D eigenvalue weighted by atomic mass is 32.2. The van der Waals surface area contributed by atoms with Gasteiger partial charge in [0.2, 0.25) is 9.84 Å². The molecule has 1 aliphatic heterocycles. The SMILES string of the molecule is CN(O)C(N)c1ccc(S(=O)(=O)c2ccc3c(c2)nc(C(C)(C)C)n3CC2CCOCC2)s1. The Morgan fingerprint density at radius 2 is 1.97 bits per heavy atom. The molecule has 10 heteroatoms. The van der Waals surface area contributed by atoms with E-state index in [-0.39, 0.29) is 14.5 Å². The fourth-order valence-corrected chi connectivity index (χ4v) is 6.95. The quantitative estimate of drug-likeness (QED) is 0.396. The van der Waals surface area contributed by atoms with Crippen LogP contribution in [0.2, 0.25) is 0 Å². The van der Waals surface area contributed by atoms with Crippen LogP contribution in [0.4, 0.5) is 0 Å². The van der Waals surface area contributed by atoms with E-state index in [0.29, 0.717) is 16.3 Å². The number of nitrogens with two attached hydrogens (primary N) is 1. The molecule has 1 aliphatic rings. The fourth-order valence-electron chi connectivity index (χ4n) is 4.16. The highest BCUT2D eigenvalue weighted by Gasteiger charge is 2.28. The summed E-state index contributed by atoms with van der Waals surface area (Å²) in [5.74, 6) is 1.47. The van der Waals surface area contributed by atoms with E-state index in [9.17, 15) is 13.6 Å². The number of aromatic nitrogens is 2. The first-order valence-corrected chi connectivity index (χ1v) is 13.4. The normalized spacial score (nSPS) is 17.2. The van der Waals surface area contributed by atoms with Crippen LogP contribution >= 0.6 is 11.3 Å². The third kappa shape index (κ3) is 4.87. The van der Waals surface area contributed by atoms with Crippen molar-refractivity contribution in [2.75, 3.05) is 20.3 Å². The largest absolute Gasteiger partial charge is 0.381 e. The maximum absolute atomic E-state index is 13.3. The number of benzene rings is 1. The summed E-state index contributed by atoms with van der Waals surface area (Å²) in [5.41, 5.74) is 7.36. The monoisotopic (exact) mass is 492 g/mol. The van der Waals surface area contributed by atoms with Gasteiger partial charge in [0.05, 0.1) is 15.9 Å². The minimum atomic E-state index is -3.74. The highest BCUT2D eigenvalue weighted by molar-refractivity contribution is 7.93. The molecule has 0 aliphatic carbocycles. The zero-order valence-electron chi connectivity index (χ0n) is 19.5. The van der Waals surface area contributed by atoms with Gasteiger partial charge in [0.1, 0.15) is 16.2 Å². The average Bonchev–Trinajstić information content (AvgIpc) is 3.39. The topological polar surface area (TPSA) is 111 Å². The Labute approximate surface area is 198 Å². The van der Waals surface area contributed by atoms with E-state index in [1.165, 1.54) is 13.1 Å². The molecule has 4 rings (SSSR count). The minimum Gasteiger partial charge on any atom is -0.381 e. The van der Waals surface area contributed by atoms with Crippen molar-refractivity contribution >= 4 is 32.2 Å². The predicted octanol–water partition coefficient (Wildman–Crippen LogP) is 3.93. The predicted molar refractivity (Wildman–Crippen MR) is 128 cm³/mol. The van der Waals surface area contributed by atoms with Crippen LogP contribution in [0.1, 0.15) is 50.5 Å². The number of nitrogens with zero attached hydrogens (tertiary/aromatic N) is 3. The Hall–Kier alpha value is -1.82. The van der Waals surface area contributed by atoms with Crippen LogP contribution in [0.5, 0.6) is 0 Å². The lowest BCUT2D eigenvalue weighted by Gasteiger charge is -2.26. The number of hydrogen-bond donors (Lipinski definition) is 2. The Kier molecular flexibility index (Phi) is 6.69. The zero-order valence-corrected chi connectivity index (χ0v) is 21.1. The van der Waals surface area contributed by atoms with Gasteiger partial charge in [-0.15, -0.1) is 11.3 Å². The van der Waals surface area contributed by atoms with Crippen LogP contribution in [0.25, 0.3) is 11.0 Å². The summed E-state index contributed by atoms with van der Waals surface area (Å²) in [4.78, 5) is 5.65. The van der Waals surface area contributed by atoms with Crippen molar-refractivity contribution in [3.8, 4) is 0 Å². The number of sulfone groups is 1. The number of hydroxylamine groups is 2. The van der Waals surface area contributed by atoms with Gasteiger partial charge in [-0.1, -0.05) is 20.8 Å².